The molecule has 0 aromatic heterocycles. The Morgan fingerprint density at radius 3 is 2.00 bits per heavy atom. The Kier molecular flexibility index (Phi) is 4.75. The van der Waals surface area contributed by atoms with Gasteiger partial charge in [0.1, 0.15) is 0 Å². The Morgan fingerprint density at radius 1 is 1.05 bits per heavy atom. The fourth-order valence-electron chi connectivity index (χ4n) is 1.69. The number of benzene rings is 1. The SMILES string of the molecule is CC(C)(C)NC(=O)C(OC(C)(C)C)c1ccccc1. The molecule has 19 heavy (non-hydrogen) atoms. The molecule has 1 atom stereocenters. The maximum Gasteiger partial charge on any atom is 0.254 e. The van der Waals surface area contributed by atoms with Gasteiger partial charge in [-0.1, -0.05) is 30.3 Å². The number of rotatable bonds is 3. The highest BCUT2D eigenvalue weighted by Gasteiger charge is 2.29. The fraction of sp³-hybridized carbons (Fsp3) is 0.562. The summed E-state index contributed by atoms with van der Waals surface area (Å²) in [4.78, 5) is 12.4. The number of ether oxygens (including phenoxy) is 1. The van der Waals surface area contributed by atoms with E-state index in [0.29, 0.717) is 0 Å². The molecule has 3 nitrogen and oxygen atoms in total. The molecule has 106 valence electrons. The summed E-state index contributed by atoms with van der Waals surface area (Å²) in [5.41, 5.74) is 0.223. The molecule has 0 radical (unpaired) electrons. The van der Waals surface area contributed by atoms with Crippen LogP contribution in [0.5, 0.6) is 0 Å². The number of amides is 1. The molecule has 3 heteroatoms. The zero-order valence-electron chi connectivity index (χ0n) is 12.8. The van der Waals surface area contributed by atoms with Gasteiger partial charge in [-0.2, -0.15) is 0 Å². The van der Waals surface area contributed by atoms with Crippen molar-refractivity contribution in [2.24, 2.45) is 0 Å². The molecular weight excluding hydrogens is 238 g/mol. The molecule has 0 saturated carbocycles. The summed E-state index contributed by atoms with van der Waals surface area (Å²) >= 11 is 0. The van der Waals surface area contributed by atoms with Crippen molar-refractivity contribution in [2.45, 2.75) is 58.8 Å². The average Bonchev–Trinajstić information content (AvgIpc) is 2.23. The van der Waals surface area contributed by atoms with Crippen molar-refractivity contribution in [2.75, 3.05) is 0 Å². The van der Waals surface area contributed by atoms with Crippen LogP contribution in [-0.2, 0) is 9.53 Å². The molecule has 1 aromatic carbocycles. The highest BCUT2D eigenvalue weighted by atomic mass is 16.5. The molecule has 0 heterocycles. The van der Waals surface area contributed by atoms with Gasteiger partial charge in [0, 0.05) is 5.54 Å². The first-order valence-electron chi connectivity index (χ1n) is 6.63. The number of nitrogens with one attached hydrogen (secondary N) is 1. The minimum Gasteiger partial charge on any atom is -0.358 e. The van der Waals surface area contributed by atoms with E-state index in [9.17, 15) is 4.79 Å². The van der Waals surface area contributed by atoms with E-state index in [1.54, 1.807) is 0 Å². The summed E-state index contributed by atoms with van der Waals surface area (Å²) < 4.78 is 5.92. The Hall–Kier alpha value is -1.35. The Bertz CT molecular complexity index is 413. The standard InChI is InChI=1S/C16H25NO2/c1-15(2,3)17-14(18)13(19-16(4,5)6)12-10-8-7-9-11-12/h7-11,13H,1-6H3,(H,17,18). The van der Waals surface area contributed by atoms with Gasteiger partial charge in [-0.15, -0.1) is 0 Å². The van der Waals surface area contributed by atoms with Crippen molar-refractivity contribution in [1.82, 2.24) is 5.32 Å². The van der Waals surface area contributed by atoms with Gasteiger partial charge in [0.25, 0.3) is 5.91 Å². The third-order valence-corrected chi connectivity index (χ3v) is 2.31. The van der Waals surface area contributed by atoms with Crippen LogP contribution in [0.1, 0.15) is 53.2 Å². The van der Waals surface area contributed by atoms with E-state index in [4.69, 9.17) is 4.74 Å². The molecule has 0 spiro atoms. The van der Waals surface area contributed by atoms with E-state index in [0.717, 1.165) is 5.56 Å². The average molecular weight is 263 g/mol. The maximum atomic E-state index is 12.4. The van der Waals surface area contributed by atoms with Crippen LogP contribution >= 0.6 is 0 Å². The van der Waals surface area contributed by atoms with Crippen LogP contribution < -0.4 is 5.32 Å². The highest BCUT2D eigenvalue weighted by molar-refractivity contribution is 5.82. The molecule has 1 amide bonds. The lowest BCUT2D eigenvalue weighted by molar-refractivity contribution is -0.144. The molecule has 1 unspecified atom stereocenters. The molecule has 0 aliphatic heterocycles. The molecule has 0 aliphatic rings. The summed E-state index contributed by atoms with van der Waals surface area (Å²) in [6, 6.07) is 9.59. The van der Waals surface area contributed by atoms with Crippen molar-refractivity contribution in [3.63, 3.8) is 0 Å². The molecule has 0 aliphatic carbocycles. The topological polar surface area (TPSA) is 38.3 Å². The molecule has 1 rings (SSSR count). The minimum atomic E-state index is -0.583. The lowest BCUT2D eigenvalue weighted by Gasteiger charge is -2.30. The Balaban J connectivity index is 2.97. The highest BCUT2D eigenvalue weighted by Crippen LogP contribution is 2.24. The van der Waals surface area contributed by atoms with Crippen LogP contribution in [0.4, 0.5) is 0 Å². The van der Waals surface area contributed by atoms with Gasteiger partial charge in [0.15, 0.2) is 6.10 Å². The second kappa shape index (κ2) is 5.74. The van der Waals surface area contributed by atoms with E-state index in [1.165, 1.54) is 0 Å². The van der Waals surface area contributed by atoms with Crippen molar-refractivity contribution in [3.05, 3.63) is 35.9 Å². The predicted octanol–water partition coefficient (Wildman–Crippen LogP) is 3.46. The van der Waals surface area contributed by atoms with Gasteiger partial charge in [0.2, 0.25) is 0 Å². The largest absolute Gasteiger partial charge is 0.358 e. The zero-order valence-corrected chi connectivity index (χ0v) is 12.8. The van der Waals surface area contributed by atoms with Crippen LogP contribution in [0, 0.1) is 0 Å². The molecule has 1 aromatic rings. The van der Waals surface area contributed by atoms with Gasteiger partial charge in [-0.05, 0) is 47.1 Å². The lowest BCUT2D eigenvalue weighted by atomic mass is 10.0. The monoisotopic (exact) mass is 263 g/mol. The summed E-state index contributed by atoms with van der Waals surface area (Å²) in [7, 11) is 0. The second-order valence-electron chi connectivity index (χ2n) is 6.76. The number of hydrogen-bond acceptors (Lipinski definition) is 2. The van der Waals surface area contributed by atoms with Gasteiger partial charge < -0.3 is 10.1 Å². The maximum absolute atomic E-state index is 12.4. The molecule has 0 fully saturated rings. The Labute approximate surface area is 116 Å². The van der Waals surface area contributed by atoms with Gasteiger partial charge >= 0.3 is 0 Å². The van der Waals surface area contributed by atoms with Crippen molar-refractivity contribution >= 4 is 5.91 Å². The zero-order chi connectivity index (χ0) is 14.7. The summed E-state index contributed by atoms with van der Waals surface area (Å²) in [6.45, 7) is 11.7. The van der Waals surface area contributed by atoms with E-state index >= 15 is 0 Å². The predicted molar refractivity (Wildman–Crippen MR) is 77.9 cm³/mol. The number of carbonyl (C=O) groups is 1. The quantitative estimate of drug-likeness (QED) is 0.907. The first kappa shape index (κ1) is 15.7. The lowest BCUT2D eigenvalue weighted by Crippen LogP contribution is -2.45. The second-order valence-corrected chi connectivity index (χ2v) is 6.76. The number of carbonyl (C=O) groups excluding carboxylic acids is 1. The van der Waals surface area contributed by atoms with Crippen molar-refractivity contribution in [3.8, 4) is 0 Å². The normalized spacial score (nSPS) is 14.0. The molecule has 1 N–H and O–H groups in total. The van der Waals surface area contributed by atoms with Crippen LogP contribution in [0.2, 0.25) is 0 Å². The van der Waals surface area contributed by atoms with E-state index in [-0.39, 0.29) is 17.0 Å². The third kappa shape index (κ3) is 5.88. The fourth-order valence-corrected chi connectivity index (χ4v) is 1.69. The van der Waals surface area contributed by atoms with Crippen molar-refractivity contribution in [1.29, 1.82) is 0 Å². The van der Waals surface area contributed by atoms with Crippen LogP contribution in [0.25, 0.3) is 0 Å². The number of hydrogen-bond donors (Lipinski definition) is 1. The molecule has 0 saturated heterocycles. The van der Waals surface area contributed by atoms with Gasteiger partial charge in [0.05, 0.1) is 5.60 Å². The van der Waals surface area contributed by atoms with Crippen molar-refractivity contribution < 1.29 is 9.53 Å². The summed E-state index contributed by atoms with van der Waals surface area (Å²) in [6.07, 6.45) is -0.583. The summed E-state index contributed by atoms with van der Waals surface area (Å²) in [5.74, 6) is -0.103. The van der Waals surface area contributed by atoms with Gasteiger partial charge in [-0.25, -0.2) is 0 Å². The minimum absolute atomic E-state index is 0.103. The van der Waals surface area contributed by atoms with Crippen LogP contribution in [0.15, 0.2) is 30.3 Å². The van der Waals surface area contributed by atoms with Crippen LogP contribution in [0.3, 0.4) is 0 Å². The van der Waals surface area contributed by atoms with Crippen LogP contribution in [-0.4, -0.2) is 17.0 Å². The molecule has 0 bridgehead atoms. The molecular formula is C16H25NO2. The van der Waals surface area contributed by atoms with E-state index in [1.807, 2.05) is 71.9 Å². The van der Waals surface area contributed by atoms with E-state index < -0.39 is 6.10 Å². The summed E-state index contributed by atoms with van der Waals surface area (Å²) in [5, 5.41) is 2.98. The third-order valence-electron chi connectivity index (χ3n) is 2.31. The first-order chi connectivity index (χ1) is 8.58. The smallest absolute Gasteiger partial charge is 0.254 e. The van der Waals surface area contributed by atoms with E-state index in [2.05, 4.69) is 5.32 Å². The Morgan fingerprint density at radius 2 is 1.58 bits per heavy atom. The first-order valence-corrected chi connectivity index (χ1v) is 6.63. The van der Waals surface area contributed by atoms with Gasteiger partial charge in [-0.3, -0.25) is 4.79 Å².